The monoisotopic (exact) mass is 308 g/mol. The van der Waals surface area contributed by atoms with Crippen molar-refractivity contribution in [3.8, 4) is 5.75 Å². The Hall–Kier alpha value is -2.88. The average molecular weight is 308 g/mol. The van der Waals surface area contributed by atoms with Gasteiger partial charge in [0.2, 0.25) is 0 Å². The molecule has 0 fully saturated rings. The number of rotatable bonds is 7. The normalized spacial score (nSPS) is 10.5. The Morgan fingerprint density at radius 2 is 2.04 bits per heavy atom. The molecule has 0 heterocycles. The number of carbonyl (C=O) groups is 1. The van der Waals surface area contributed by atoms with E-state index in [4.69, 9.17) is 4.74 Å². The number of benzene rings is 2. The zero-order valence-electron chi connectivity index (χ0n) is 13.2. The van der Waals surface area contributed by atoms with Crippen LogP contribution in [0.4, 0.5) is 0 Å². The molecule has 0 atom stereocenters. The summed E-state index contributed by atoms with van der Waals surface area (Å²) in [5, 5.41) is 3.98. The molecule has 0 unspecified atom stereocenters. The minimum absolute atomic E-state index is 0.233. The topological polar surface area (TPSA) is 50.7 Å². The lowest BCUT2D eigenvalue weighted by Gasteiger charge is -2.03. The van der Waals surface area contributed by atoms with Crippen LogP contribution in [0.25, 0.3) is 0 Å². The third-order valence-corrected chi connectivity index (χ3v) is 3.23. The number of aryl methyl sites for hydroxylation is 1. The van der Waals surface area contributed by atoms with Crippen LogP contribution in [-0.4, -0.2) is 18.7 Å². The minimum Gasteiger partial charge on any atom is -0.490 e. The minimum atomic E-state index is -0.233. The highest BCUT2D eigenvalue weighted by Gasteiger charge is 2.03. The molecule has 2 rings (SSSR count). The van der Waals surface area contributed by atoms with Crippen molar-refractivity contribution in [2.45, 2.75) is 13.3 Å². The van der Waals surface area contributed by atoms with Crippen molar-refractivity contribution in [1.29, 1.82) is 0 Å². The van der Waals surface area contributed by atoms with E-state index >= 15 is 0 Å². The van der Waals surface area contributed by atoms with Gasteiger partial charge in [-0.25, -0.2) is 5.43 Å². The Bertz CT molecular complexity index is 691. The molecule has 4 nitrogen and oxygen atoms in total. The summed E-state index contributed by atoms with van der Waals surface area (Å²) in [4.78, 5) is 12.0. The van der Waals surface area contributed by atoms with Crippen LogP contribution >= 0.6 is 0 Å². The molecule has 23 heavy (non-hydrogen) atoms. The van der Waals surface area contributed by atoms with Gasteiger partial charge in [0.25, 0.3) is 5.91 Å². The summed E-state index contributed by atoms with van der Waals surface area (Å²) in [6, 6.07) is 14.9. The summed E-state index contributed by atoms with van der Waals surface area (Å²) in [6.45, 7) is 6.13. The number of ether oxygens (including phenoxy) is 1. The quantitative estimate of drug-likeness (QED) is 0.483. The Balaban J connectivity index is 1.94. The molecule has 0 radical (unpaired) electrons. The van der Waals surface area contributed by atoms with Crippen LogP contribution in [0, 0.1) is 0 Å². The van der Waals surface area contributed by atoms with Gasteiger partial charge in [-0.05, 0) is 41.8 Å². The van der Waals surface area contributed by atoms with E-state index in [-0.39, 0.29) is 5.91 Å². The first-order valence-electron chi connectivity index (χ1n) is 7.49. The summed E-state index contributed by atoms with van der Waals surface area (Å²) >= 11 is 0. The fraction of sp³-hybridized carbons (Fsp3) is 0.158. The predicted octanol–water partition coefficient (Wildman–Crippen LogP) is 3.58. The molecule has 0 saturated heterocycles. The first-order chi connectivity index (χ1) is 11.2. The molecule has 4 heteroatoms. The van der Waals surface area contributed by atoms with E-state index in [1.54, 1.807) is 24.4 Å². The number of nitrogens with one attached hydrogen (secondary N) is 1. The van der Waals surface area contributed by atoms with E-state index in [0.717, 1.165) is 17.7 Å². The maximum absolute atomic E-state index is 12.0. The first-order valence-corrected chi connectivity index (χ1v) is 7.49. The number of nitrogens with zero attached hydrogens (tertiary/aromatic N) is 1. The second-order valence-corrected chi connectivity index (χ2v) is 4.92. The largest absolute Gasteiger partial charge is 0.490 e. The van der Waals surface area contributed by atoms with Crippen LogP contribution in [0.3, 0.4) is 0 Å². The fourth-order valence-corrected chi connectivity index (χ4v) is 1.96. The van der Waals surface area contributed by atoms with E-state index in [1.807, 2.05) is 36.4 Å². The number of hydrazone groups is 1. The predicted molar refractivity (Wildman–Crippen MR) is 93.0 cm³/mol. The lowest BCUT2D eigenvalue weighted by Crippen LogP contribution is -2.17. The van der Waals surface area contributed by atoms with Gasteiger partial charge >= 0.3 is 0 Å². The van der Waals surface area contributed by atoms with Gasteiger partial charge < -0.3 is 4.74 Å². The molecule has 0 saturated carbocycles. The molecule has 0 spiro atoms. The Morgan fingerprint density at radius 1 is 1.26 bits per heavy atom. The Kier molecular flexibility index (Phi) is 6.12. The highest BCUT2D eigenvalue weighted by molar-refractivity contribution is 5.94. The second kappa shape index (κ2) is 8.54. The van der Waals surface area contributed by atoms with Gasteiger partial charge in [-0.1, -0.05) is 43.8 Å². The molecule has 1 N–H and O–H groups in total. The molecule has 0 aliphatic carbocycles. The van der Waals surface area contributed by atoms with Gasteiger partial charge in [-0.2, -0.15) is 5.10 Å². The summed E-state index contributed by atoms with van der Waals surface area (Å²) in [6.07, 6.45) is 4.22. The summed E-state index contributed by atoms with van der Waals surface area (Å²) < 4.78 is 5.45. The number of hydrogen-bond acceptors (Lipinski definition) is 3. The molecule has 2 aromatic rings. The fourth-order valence-electron chi connectivity index (χ4n) is 1.96. The number of carbonyl (C=O) groups excluding carboxylic acids is 1. The van der Waals surface area contributed by atoms with Crippen molar-refractivity contribution < 1.29 is 9.53 Å². The molecule has 0 aromatic heterocycles. The molecule has 118 valence electrons. The number of hydrogen-bond donors (Lipinski definition) is 1. The zero-order valence-corrected chi connectivity index (χ0v) is 13.2. The van der Waals surface area contributed by atoms with Crippen molar-refractivity contribution in [2.24, 2.45) is 5.10 Å². The van der Waals surface area contributed by atoms with E-state index in [9.17, 15) is 4.79 Å². The van der Waals surface area contributed by atoms with Crippen molar-refractivity contribution in [3.05, 3.63) is 77.9 Å². The first kappa shape index (κ1) is 16.5. The van der Waals surface area contributed by atoms with Crippen molar-refractivity contribution in [2.75, 3.05) is 6.61 Å². The van der Waals surface area contributed by atoms with E-state index in [2.05, 4.69) is 24.0 Å². The molecule has 0 aliphatic rings. The summed E-state index contributed by atoms with van der Waals surface area (Å²) in [5.41, 5.74) is 5.14. The average Bonchev–Trinajstić information content (AvgIpc) is 2.60. The van der Waals surface area contributed by atoms with Crippen LogP contribution in [0.5, 0.6) is 5.75 Å². The molecular weight excluding hydrogens is 288 g/mol. The van der Waals surface area contributed by atoms with Crippen molar-refractivity contribution in [1.82, 2.24) is 5.43 Å². The highest BCUT2D eigenvalue weighted by atomic mass is 16.5. The van der Waals surface area contributed by atoms with Crippen LogP contribution in [0.15, 0.2) is 66.3 Å². The van der Waals surface area contributed by atoms with Gasteiger partial charge in [-0.3, -0.25) is 4.79 Å². The molecule has 1 amide bonds. The van der Waals surface area contributed by atoms with Crippen LogP contribution < -0.4 is 10.2 Å². The zero-order chi connectivity index (χ0) is 16.5. The second-order valence-electron chi connectivity index (χ2n) is 4.92. The van der Waals surface area contributed by atoms with Crippen molar-refractivity contribution in [3.63, 3.8) is 0 Å². The lowest BCUT2D eigenvalue weighted by molar-refractivity contribution is 0.0955. The molecular formula is C19H20N2O2. The molecule has 0 aliphatic heterocycles. The summed E-state index contributed by atoms with van der Waals surface area (Å²) in [5.74, 6) is 0.498. The molecule has 2 aromatic carbocycles. The Labute approximate surface area is 136 Å². The van der Waals surface area contributed by atoms with Crippen LogP contribution in [0.1, 0.15) is 28.4 Å². The smallest absolute Gasteiger partial charge is 0.271 e. The van der Waals surface area contributed by atoms with Gasteiger partial charge in [0.1, 0.15) is 12.4 Å². The third-order valence-electron chi connectivity index (χ3n) is 3.23. The van der Waals surface area contributed by atoms with Crippen LogP contribution in [-0.2, 0) is 6.42 Å². The maximum Gasteiger partial charge on any atom is 0.271 e. The number of amides is 1. The van der Waals surface area contributed by atoms with Crippen LogP contribution in [0.2, 0.25) is 0 Å². The van der Waals surface area contributed by atoms with E-state index < -0.39 is 0 Å². The van der Waals surface area contributed by atoms with Gasteiger partial charge in [-0.15, -0.1) is 0 Å². The third kappa shape index (κ3) is 5.11. The SMILES string of the molecule is C=CCOc1cccc(/C=N\NC(=O)c2ccc(CC)cc2)c1. The maximum atomic E-state index is 12.0. The van der Waals surface area contributed by atoms with Gasteiger partial charge in [0.15, 0.2) is 0 Å². The van der Waals surface area contributed by atoms with Gasteiger partial charge in [0.05, 0.1) is 6.21 Å². The standard InChI is InChI=1S/C19H20N2O2/c1-3-12-23-18-7-5-6-16(13-18)14-20-21-19(22)17-10-8-15(4-2)9-11-17/h3,5-11,13-14H,1,4,12H2,2H3,(H,21,22)/b20-14-. The lowest BCUT2D eigenvalue weighted by atomic mass is 10.1. The highest BCUT2D eigenvalue weighted by Crippen LogP contribution is 2.12. The van der Waals surface area contributed by atoms with E-state index in [0.29, 0.717) is 12.2 Å². The molecule has 0 bridgehead atoms. The van der Waals surface area contributed by atoms with Crippen molar-refractivity contribution >= 4 is 12.1 Å². The van der Waals surface area contributed by atoms with Gasteiger partial charge in [0, 0.05) is 5.56 Å². The Morgan fingerprint density at radius 3 is 2.74 bits per heavy atom. The summed E-state index contributed by atoms with van der Waals surface area (Å²) in [7, 11) is 0. The van der Waals surface area contributed by atoms with E-state index in [1.165, 1.54) is 5.56 Å².